The monoisotopic (exact) mass is 314 g/mol. The molecule has 6 heteroatoms. The number of carbonyl (C=O) groups is 1. The molecule has 0 saturated carbocycles. The molecule has 0 aliphatic rings. The molecule has 0 amide bonds. The van der Waals surface area contributed by atoms with Gasteiger partial charge in [-0.15, -0.1) is 0 Å². The van der Waals surface area contributed by atoms with Gasteiger partial charge in [0.1, 0.15) is 5.03 Å². The average Bonchev–Trinajstić information content (AvgIpc) is 3.07. The van der Waals surface area contributed by atoms with E-state index in [1.807, 2.05) is 30.3 Å². The van der Waals surface area contributed by atoms with E-state index in [4.69, 9.17) is 9.15 Å². The summed E-state index contributed by atoms with van der Waals surface area (Å²) >= 11 is 1.34. The minimum absolute atomic E-state index is 0.215. The zero-order valence-corrected chi connectivity index (χ0v) is 12.8. The average molecular weight is 314 g/mol. The second kappa shape index (κ2) is 6.62. The number of hydrogen-bond donors (Lipinski definition) is 0. The predicted molar refractivity (Wildman–Crippen MR) is 84.6 cm³/mol. The fraction of sp³-hybridized carbons (Fsp3) is 0.188. The molecule has 0 fully saturated rings. The molecule has 0 aliphatic heterocycles. The lowest BCUT2D eigenvalue weighted by Gasteiger charge is -2.07. The number of ether oxygens (including phenoxy) is 1. The number of carbonyl (C=O) groups excluding carboxylic acids is 1. The van der Waals surface area contributed by atoms with E-state index in [1.165, 1.54) is 11.8 Å². The van der Waals surface area contributed by atoms with Gasteiger partial charge in [-0.1, -0.05) is 30.0 Å². The Morgan fingerprint density at radius 1 is 1.23 bits per heavy atom. The van der Waals surface area contributed by atoms with E-state index in [1.54, 1.807) is 19.3 Å². The van der Waals surface area contributed by atoms with Crippen molar-refractivity contribution in [1.29, 1.82) is 0 Å². The number of aromatic nitrogens is 2. The summed E-state index contributed by atoms with van der Waals surface area (Å²) in [6.45, 7) is 2.17. The molecule has 0 saturated heterocycles. The first kappa shape index (κ1) is 14.6. The molecule has 2 heterocycles. The van der Waals surface area contributed by atoms with Gasteiger partial charge in [-0.25, -0.2) is 9.97 Å². The third-order valence-corrected chi connectivity index (χ3v) is 3.91. The zero-order chi connectivity index (χ0) is 15.4. The summed E-state index contributed by atoms with van der Waals surface area (Å²) in [5, 5.41) is 1.65. The summed E-state index contributed by atoms with van der Waals surface area (Å²) in [5.74, 6) is 1.07. The van der Waals surface area contributed by atoms with Gasteiger partial charge in [-0.2, -0.15) is 0 Å². The molecule has 0 aliphatic carbocycles. The van der Waals surface area contributed by atoms with E-state index in [-0.39, 0.29) is 11.7 Å². The lowest BCUT2D eigenvalue weighted by Crippen LogP contribution is -2.07. The maximum Gasteiger partial charge on any atom is 0.316 e. The van der Waals surface area contributed by atoms with Crippen LogP contribution in [0.3, 0.4) is 0 Å². The minimum Gasteiger partial charge on any atom is -0.465 e. The van der Waals surface area contributed by atoms with Gasteiger partial charge in [0, 0.05) is 5.39 Å². The van der Waals surface area contributed by atoms with Crippen LogP contribution in [0.1, 0.15) is 6.92 Å². The lowest BCUT2D eigenvalue weighted by atomic mass is 10.2. The van der Waals surface area contributed by atoms with E-state index in [0.29, 0.717) is 18.2 Å². The number of hydrogen-bond acceptors (Lipinski definition) is 6. The van der Waals surface area contributed by atoms with Gasteiger partial charge in [0.15, 0.2) is 11.6 Å². The van der Waals surface area contributed by atoms with Crippen LogP contribution in [0.5, 0.6) is 0 Å². The first-order chi connectivity index (χ1) is 10.8. The van der Waals surface area contributed by atoms with Gasteiger partial charge in [-0.05, 0) is 25.1 Å². The second-order valence-corrected chi connectivity index (χ2v) is 5.40. The number of esters is 1. The summed E-state index contributed by atoms with van der Waals surface area (Å²) in [6.07, 6.45) is 1.58. The number of rotatable bonds is 5. The number of nitrogens with zero attached hydrogens (tertiary/aromatic N) is 2. The highest BCUT2D eigenvalue weighted by Crippen LogP contribution is 2.28. The summed E-state index contributed by atoms with van der Waals surface area (Å²) in [4.78, 5) is 20.6. The van der Waals surface area contributed by atoms with Crippen molar-refractivity contribution in [1.82, 2.24) is 9.97 Å². The van der Waals surface area contributed by atoms with E-state index < -0.39 is 0 Å². The summed E-state index contributed by atoms with van der Waals surface area (Å²) in [6, 6.07) is 11.3. The van der Waals surface area contributed by atoms with Crippen LogP contribution in [0.25, 0.3) is 22.5 Å². The lowest BCUT2D eigenvalue weighted by molar-refractivity contribution is -0.139. The van der Waals surface area contributed by atoms with Gasteiger partial charge < -0.3 is 9.15 Å². The SMILES string of the molecule is CCOC(=O)CSc1nc(-c2ccco2)nc2ccccc12. The van der Waals surface area contributed by atoms with Gasteiger partial charge in [0.05, 0.1) is 24.1 Å². The third kappa shape index (κ3) is 3.12. The summed E-state index contributed by atoms with van der Waals surface area (Å²) in [5.41, 5.74) is 0.815. The number of para-hydroxylation sites is 1. The highest BCUT2D eigenvalue weighted by molar-refractivity contribution is 8.00. The van der Waals surface area contributed by atoms with Crippen molar-refractivity contribution >= 4 is 28.6 Å². The minimum atomic E-state index is -0.255. The molecule has 0 spiro atoms. The largest absolute Gasteiger partial charge is 0.465 e. The summed E-state index contributed by atoms with van der Waals surface area (Å²) < 4.78 is 10.3. The van der Waals surface area contributed by atoms with Gasteiger partial charge in [0.2, 0.25) is 0 Å². The van der Waals surface area contributed by atoms with Gasteiger partial charge in [-0.3, -0.25) is 4.79 Å². The molecule has 1 aromatic carbocycles. The highest BCUT2D eigenvalue weighted by atomic mass is 32.2. The van der Waals surface area contributed by atoms with Crippen molar-refractivity contribution in [3.63, 3.8) is 0 Å². The number of benzene rings is 1. The Kier molecular flexibility index (Phi) is 4.39. The molecule has 0 bridgehead atoms. The van der Waals surface area contributed by atoms with Crippen LogP contribution in [0.4, 0.5) is 0 Å². The van der Waals surface area contributed by atoms with Crippen LogP contribution in [0, 0.1) is 0 Å². The van der Waals surface area contributed by atoms with Crippen molar-refractivity contribution in [2.24, 2.45) is 0 Å². The number of fused-ring (bicyclic) bond motifs is 1. The van der Waals surface area contributed by atoms with Gasteiger partial charge >= 0.3 is 5.97 Å². The predicted octanol–water partition coefficient (Wildman–Crippen LogP) is 3.55. The third-order valence-electron chi connectivity index (χ3n) is 2.94. The molecule has 0 radical (unpaired) electrons. The molecule has 5 nitrogen and oxygen atoms in total. The van der Waals surface area contributed by atoms with Crippen LogP contribution in [-0.4, -0.2) is 28.3 Å². The molecule has 3 rings (SSSR count). The zero-order valence-electron chi connectivity index (χ0n) is 12.0. The molecular formula is C16H14N2O3S. The topological polar surface area (TPSA) is 65.2 Å². The molecular weight excluding hydrogens is 300 g/mol. The molecule has 2 aromatic heterocycles. The quantitative estimate of drug-likeness (QED) is 0.408. The van der Waals surface area contributed by atoms with Crippen molar-refractivity contribution in [3.8, 4) is 11.6 Å². The summed E-state index contributed by atoms with van der Waals surface area (Å²) in [7, 11) is 0. The Morgan fingerprint density at radius 3 is 2.86 bits per heavy atom. The smallest absolute Gasteiger partial charge is 0.316 e. The molecule has 0 N–H and O–H groups in total. The van der Waals surface area contributed by atoms with Crippen molar-refractivity contribution in [3.05, 3.63) is 42.7 Å². The highest BCUT2D eigenvalue weighted by Gasteiger charge is 2.13. The standard InChI is InChI=1S/C16H14N2O3S/c1-2-20-14(19)10-22-16-11-6-3-4-7-12(11)17-15(18-16)13-8-5-9-21-13/h3-9H,2,10H2,1H3. The molecule has 0 unspecified atom stereocenters. The van der Waals surface area contributed by atoms with E-state index in [2.05, 4.69) is 9.97 Å². The fourth-order valence-electron chi connectivity index (χ4n) is 2.00. The Balaban J connectivity index is 1.97. The van der Waals surface area contributed by atoms with Crippen LogP contribution in [0.2, 0.25) is 0 Å². The van der Waals surface area contributed by atoms with Crippen molar-refractivity contribution in [2.75, 3.05) is 12.4 Å². The number of furan rings is 1. The van der Waals surface area contributed by atoms with Crippen LogP contribution in [-0.2, 0) is 9.53 Å². The van der Waals surface area contributed by atoms with Crippen LogP contribution < -0.4 is 0 Å². The van der Waals surface area contributed by atoms with Crippen LogP contribution in [0.15, 0.2) is 52.1 Å². The maximum atomic E-state index is 11.6. The van der Waals surface area contributed by atoms with E-state index >= 15 is 0 Å². The Hall–Kier alpha value is -2.34. The Bertz CT molecular complexity index is 787. The second-order valence-electron chi connectivity index (χ2n) is 4.44. The molecule has 22 heavy (non-hydrogen) atoms. The molecule has 3 aromatic rings. The fourth-order valence-corrected chi connectivity index (χ4v) is 2.82. The van der Waals surface area contributed by atoms with Gasteiger partial charge in [0.25, 0.3) is 0 Å². The Morgan fingerprint density at radius 2 is 2.09 bits per heavy atom. The van der Waals surface area contributed by atoms with E-state index in [0.717, 1.165) is 15.9 Å². The Labute approximate surface area is 131 Å². The van der Waals surface area contributed by atoms with Crippen molar-refractivity contribution < 1.29 is 13.9 Å². The first-order valence-corrected chi connectivity index (χ1v) is 7.85. The first-order valence-electron chi connectivity index (χ1n) is 6.87. The number of thioether (sulfide) groups is 1. The molecule has 0 atom stereocenters. The van der Waals surface area contributed by atoms with Crippen LogP contribution >= 0.6 is 11.8 Å². The van der Waals surface area contributed by atoms with Crippen molar-refractivity contribution in [2.45, 2.75) is 11.9 Å². The van der Waals surface area contributed by atoms with E-state index in [9.17, 15) is 4.79 Å². The normalized spacial score (nSPS) is 10.8. The maximum absolute atomic E-state index is 11.6. The molecule has 112 valence electrons.